The third-order valence-corrected chi connectivity index (χ3v) is 4.78. The number of hydrogen-bond acceptors (Lipinski definition) is 4. The minimum atomic E-state index is -1.07. The lowest BCUT2D eigenvalue weighted by Crippen LogP contribution is -2.58. The van der Waals surface area contributed by atoms with Gasteiger partial charge in [0.25, 0.3) is 0 Å². The molecule has 2 aliphatic rings. The van der Waals surface area contributed by atoms with E-state index in [1.807, 2.05) is 0 Å². The SMILES string of the molecule is COCC1(C(=O)N2CCCC2(C)C(=O)O)CCNCC1. The third-order valence-electron chi connectivity index (χ3n) is 4.78. The quantitative estimate of drug-likeness (QED) is 0.784. The fraction of sp³-hybridized carbons (Fsp3) is 0.857. The maximum absolute atomic E-state index is 13.0. The zero-order valence-electron chi connectivity index (χ0n) is 12.3. The predicted octanol–water partition coefficient (Wildman–Crippen LogP) is 0.468. The summed E-state index contributed by atoms with van der Waals surface area (Å²) in [6.45, 7) is 4.08. The molecule has 2 N–H and O–H groups in total. The van der Waals surface area contributed by atoms with Gasteiger partial charge in [0, 0.05) is 13.7 Å². The number of carboxylic acids is 1. The van der Waals surface area contributed by atoms with E-state index in [2.05, 4.69) is 5.32 Å². The molecule has 0 radical (unpaired) electrons. The van der Waals surface area contributed by atoms with Crippen LogP contribution in [0.15, 0.2) is 0 Å². The lowest BCUT2D eigenvalue weighted by Gasteiger charge is -2.42. The van der Waals surface area contributed by atoms with Crippen molar-refractivity contribution in [2.45, 2.75) is 38.1 Å². The van der Waals surface area contributed by atoms with E-state index in [9.17, 15) is 14.7 Å². The number of ether oxygens (including phenoxy) is 1. The molecular formula is C14H24N2O4. The van der Waals surface area contributed by atoms with Gasteiger partial charge in [0.1, 0.15) is 5.54 Å². The van der Waals surface area contributed by atoms with Gasteiger partial charge >= 0.3 is 5.97 Å². The van der Waals surface area contributed by atoms with Crippen LogP contribution in [0, 0.1) is 5.41 Å². The van der Waals surface area contributed by atoms with Gasteiger partial charge in [0.15, 0.2) is 0 Å². The van der Waals surface area contributed by atoms with Crippen LogP contribution in [0.1, 0.15) is 32.6 Å². The highest BCUT2D eigenvalue weighted by Gasteiger charge is 2.52. The standard InChI is InChI=1S/C14H24N2O4/c1-13(12(18)19)4-3-9-16(13)11(17)14(10-20-2)5-7-15-8-6-14/h15H,3-10H2,1-2H3,(H,18,19). The first-order valence-electron chi connectivity index (χ1n) is 7.21. The molecule has 1 atom stereocenters. The molecule has 1 unspecified atom stereocenters. The van der Waals surface area contributed by atoms with Crippen LogP contribution in [0.25, 0.3) is 0 Å². The highest BCUT2D eigenvalue weighted by Crippen LogP contribution is 2.38. The lowest BCUT2D eigenvalue weighted by atomic mass is 9.77. The number of rotatable bonds is 4. The zero-order valence-corrected chi connectivity index (χ0v) is 12.3. The molecule has 2 fully saturated rings. The second-order valence-corrected chi connectivity index (χ2v) is 6.10. The largest absolute Gasteiger partial charge is 0.480 e. The molecule has 0 spiro atoms. The van der Waals surface area contributed by atoms with Gasteiger partial charge in [0.05, 0.1) is 12.0 Å². The average Bonchev–Trinajstić information content (AvgIpc) is 2.83. The molecule has 2 rings (SSSR count). The summed E-state index contributed by atoms with van der Waals surface area (Å²) >= 11 is 0. The minimum Gasteiger partial charge on any atom is -0.480 e. The number of nitrogens with one attached hydrogen (secondary N) is 1. The Kier molecular flexibility index (Phi) is 4.34. The number of carboxylic acid groups (broad SMARTS) is 1. The number of amides is 1. The first kappa shape index (κ1) is 15.3. The second-order valence-electron chi connectivity index (χ2n) is 6.10. The normalized spacial score (nSPS) is 29.4. The van der Waals surface area contributed by atoms with Crippen molar-refractivity contribution < 1.29 is 19.4 Å². The zero-order chi connectivity index (χ0) is 14.8. The summed E-state index contributed by atoms with van der Waals surface area (Å²) in [6.07, 6.45) is 2.67. The fourth-order valence-electron chi connectivity index (χ4n) is 3.40. The molecule has 0 aromatic carbocycles. The van der Waals surface area contributed by atoms with Crippen LogP contribution in [0.2, 0.25) is 0 Å². The molecule has 6 heteroatoms. The summed E-state index contributed by atoms with van der Waals surface area (Å²) < 4.78 is 5.27. The van der Waals surface area contributed by atoms with Crippen molar-refractivity contribution in [3.8, 4) is 0 Å². The Balaban J connectivity index is 2.25. The predicted molar refractivity (Wildman–Crippen MR) is 73.4 cm³/mol. The van der Waals surface area contributed by atoms with E-state index in [0.717, 1.165) is 19.5 Å². The van der Waals surface area contributed by atoms with E-state index in [1.54, 1.807) is 18.9 Å². The molecule has 0 bridgehead atoms. The van der Waals surface area contributed by atoms with E-state index in [-0.39, 0.29) is 5.91 Å². The lowest BCUT2D eigenvalue weighted by molar-refractivity contribution is -0.163. The van der Waals surface area contributed by atoms with Crippen molar-refractivity contribution in [1.82, 2.24) is 10.2 Å². The van der Waals surface area contributed by atoms with E-state index in [4.69, 9.17) is 4.74 Å². The molecule has 6 nitrogen and oxygen atoms in total. The Morgan fingerprint density at radius 1 is 1.30 bits per heavy atom. The van der Waals surface area contributed by atoms with E-state index >= 15 is 0 Å². The summed E-state index contributed by atoms with van der Waals surface area (Å²) in [7, 11) is 1.59. The van der Waals surface area contributed by atoms with Gasteiger partial charge in [-0.15, -0.1) is 0 Å². The maximum atomic E-state index is 13.0. The Bertz CT molecular complexity index is 387. The second kappa shape index (κ2) is 5.69. The van der Waals surface area contributed by atoms with Gasteiger partial charge in [-0.3, -0.25) is 4.79 Å². The van der Waals surface area contributed by atoms with Gasteiger partial charge < -0.3 is 20.1 Å². The van der Waals surface area contributed by atoms with Crippen LogP contribution < -0.4 is 5.32 Å². The number of piperidine rings is 1. The number of likely N-dealkylation sites (tertiary alicyclic amines) is 1. The van der Waals surface area contributed by atoms with Crippen LogP contribution in [0.5, 0.6) is 0 Å². The number of aliphatic carboxylic acids is 1. The average molecular weight is 284 g/mol. The van der Waals surface area contributed by atoms with Gasteiger partial charge in [-0.25, -0.2) is 4.79 Å². The summed E-state index contributed by atoms with van der Waals surface area (Å²) in [5, 5.41) is 12.7. The van der Waals surface area contributed by atoms with Crippen molar-refractivity contribution in [3.05, 3.63) is 0 Å². The van der Waals surface area contributed by atoms with Crippen molar-refractivity contribution in [2.75, 3.05) is 33.4 Å². The Morgan fingerprint density at radius 3 is 2.50 bits per heavy atom. The highest BCUT2D eigenvalue weighted by atomic mass is 16.5. The number of nitrogens with zero attached hydrogens (tertiary/aromatic N) is 1. The van der Waals surface area contributed by atoms with Crippen molar-refractivity contribution in [3.63, 3.8) is 0 Å². The molecule has 0 saturated carbocycles. The van der Waals surface area contributed by atoms with E-state index in [1.165, 1.54) is 0 Å². The van der Waals surface area contributed by atoms with E-state index in [0.29, 0.717) is 32.4 Å². The summed E-state index contributed by atoms with van der Waals surface area (Å²) in [5.74, 6) is -0.965. The van der Waals surface area contributed by atoms with Crippen molar-refractivity contribution in [1.29, 1.82) is 0 Å². The summed E-state index contributed by atoms with van der Waals surface area (Å²) in [5.41, 5.74) is -1.64. The smallest absolute Gasteiger partial charge is 0.329 e. The molecule has 114 valence electrons. The van der Waals surface area contributed by atoms with Crippen LogP contribution in [-0.4, -0.2) is 60.8 Å². The van der Waals surface area contributed by atoms with Crippen LogP contribution in [0.4, 0.5) is 0 Å². The van der Waals surface area contributed by atoms with Crippen LogP contribution in [0.3, 0.4) is 0 Å². The Labute approximate surface area is 119 Å². The highest BCUT2D eigenvalue weighted by molar-refractivity contribution is 5.90. The molecule has 2 heterocycles. The minimum absolute atomic E-state index is 0.0525. The van der Waals surface area contributed by atoms with Gasteiger partial charge in [-0.2, -0.15) is 0 Å². The first-order valence-corrected chi connectivity index (χ1v) is 7.21. The Morgan fingerprint density at radius 2 is 1.95 bits per heavy atom. The number of carbonyl (C=O) groups excluding carboxylic acids is 1. The number of carbonyl (C=O) groups is 2. The molecule has 0 aromatic rings. The monoisotopic (exact) mass is 284 g/mol. The van der Waals surface area contributed by atoms with Gasteiger partial charge in [0.2, 0.25) is 5.91 Å². The molecule has 1 amide bonds. The van der Waals surface area contributed by atoms with Crippen molar-refractivity contribution in [2.24, 2.45) is 5.41 Å². The summed E-state index contributed by atoms with van der Waals surface area (Å²) in [6, 6.07) is 0. The Hall–Kier alpha value is -1.14. The third kappa shape index (κ3) is 2.42. The fourth-order valence-corrected chi connectivity index (χ4v) is 3.40. The number of hydrogen-bond donors (Lipinski definition) is 2. The van der Waals surface area contributed by atoms with E-state index < -0.39 is 16.9 Å². The molecule has 0 aromatic heterocycles. The van der Waals surface area contributed by atoms with Crippen molar-refractivity contribution >= 4 is 11.9 Å². The molecule has 2 aliphatic heterocycles. The topological polar surface area (TPSA) is 78.9 Å². The van der Waals surface area contributed by atoms with Crippen LogP contribution >= 0.6 is 0 Å². The molecule has 2 saturated heterocycles. The number of methoxy groups -OCH3 is 1. The van der Waals surface area contributed by atoms with Crippen LogP contribution in [-0.2, 0) is 14.3 Å². The maximum Gasteiger partial charge on any atom is 0.329 e. The van der Waals surface area contributed by atoms with Gasteiger partial charge in [-0.05, 0) is 45.7 Å². The van der Waals surface area contributed by atoms with Gasteiger partial charge in [-0.1, -0.05) is 0 Å². The first-order chi connectivity index (χ1) is 9.46. The summed E-state index contributed by atoms with van der Waals surface area (Å²) in [4.78, 5) is 26.1. The molecule has 0 aliphatic carbocycles. The molecular weight excluding hydrogens is 260 g/mol. The molecule has 20 heavy (non-hydrogen) atoms.